The molecule has 1 aromatic heterocycles. The molecule has 2 N–H and O–H groups in total. The third-order valence-corrected chi connectivity index (χ3v) is 4.00. The Balaban J connectivity index is 2.12. The van der Waals surface area contributed by atoms with Gasteiger partial charge in [0, 0.05) is 12.6 Å². The van der Waals surface area contributed by atoms with E-state index in [9.17, 15) is 9.59 Å². The molecule has 1 atom stereocenters. The SMILES string of the molecule is CC1(C)CC(n2c(=O)[nH]c3ccc(C(=O)O)cc32)CCO1. The van der Waals surface area contributed by atoms with Crippen molar-refractivity contribution in [2.45, 2.75) is 38.3 Å². The zero-order valence-corrected chi connectivity index (χ0v) is 12.0. The lowest BCUT2D eigenvalue weighted by atomic mass is 9.93. The minimum Gasteiger partial charge on any atom is -0.478 e. The van der Waals surface area contributed by atoms with Gasteiger partial charge in [0.25, 0.3) is 0 Å². The van der Waals surface area contributed by atoms with Crippen LogP contribution in [0.1, 0.15) is 43.1 Å². The average Bonchev–Trinajstić information content (AvgIpc) is 2.72. The van der Waals surface area contributed by atoms with E-state index >= 15 is 0 Å². The van der Waals surface area contributed by atoms with Crippen LogP contribution in [-0.4, -0.2) is 32.8 Å². The molecule has 0 bridgehead atoms. The molecule has 1 unspecified atom stereocenters. The van der Waals surface area contributed by atoms with Crippen molar-refractivity contribution < 1.29 is 14.6 Å². The molecule has 0 amide bonds. The van der Waals surface area contributed by atoms with Gasteiger partial charge in [-0.05, 0) is 44.9 Å². The number of hydrogen-bond acceptors (Lipinski definition) is 3. The monoisotopic (exact) mass is 290 g/mol. The van der Waals surface area contributed by atoms with E-state index in [4.69, 9.17) is 9.84 Å². The molecule has 0 aliphatic carbocycles. The van der Waals surface area contributed by atoms with Crippen molar-refractivity contribution in [3.8, 4) is 0 Å². The highest BCUT2D eigenvalue weighted by Crippen LogP contribution is 2.32. The number of H-pyrrole nitrogens is 1. The number of carbonyl (C=O) groups is 1. The fraction of sp³-hybridized carbons (Fsp3) is 0.467. The maximum atomic E-state index is 12.2. The zero-order chi connectivity index (χ0) is 15.2. The van der Waals surface area contributed by atoms with Crippen LogP contribution < -0.4 is 5.69 Å². The Morgan fingerprint density at radius 3 is 2.90 bits per heavy atom. The Morgan fingerprint density at radius 1 is 1.48 bits per heavy atom. The summed E-state index contributed by atoms with van der Waals surface area (Å²) >= 11 is 0. The van der Waals surface area contributed by atoms with Crippen LogP contribution in [-0.2, 0) is 4.74 Å². The Labute approximate surface area is 121 Å². The second-order valence-electron chi connectivity index (χ2n) is 6.09. The number of carboxylic acids is 1. The molecule has 6 heteroatoms. The van der Waals surface area contributed by atoms with Crippen LogP contribution in [0.5, 0.6) is 0 Å². The van der Waals surface area contributed by atoms with Crippen LogP contribution in [0.4, 0.5) is 0 Å². The quantitative estimate of drug-likeness (QED) is 0.887. The summed E-state index contributed by atoms with van der Waals surface area (Å²) in [5.74, 6) is -0.996. The number of imidazole rings is 1. The summed E-state index contributed by atoms with van der Waals surface area (Å²) in [7, 11) is 0. The standard InChI is InChI=1S/C15H18N2O4/c1-15(2)8-10(5-6-21-15)17-12-7-9(13(18)19)3-4-11(12)16-14(17)20/h3-4,7,10H,5-6,8H2,1-2H3,(H,16,20)(H,18,19). The molecule has 21 heavy (non-hydrogen) atoms. The second kappa shape index (κ2) is 4.73. The van der Waals surface area contributed by atoms with Gasteiger partial charge in [-0.1, -0.05) is 0 Å². The molecule has 6 nitrogen and oxygen atoms in total. The summed E-state index contributed by atoms with van der Waals surface area (Å²) in [5, 5.41) is 9.12. The predicted octanol–water partition coefficient (Wildman–Crippen LogP) is 2.16. The van der Waals surface area contributed by atoms with Crippen molar-refractivity contribution in [2.75, 3.05) is 6.61 Å². The zero-order valence-electron chi connectivity index (χ0n) is 12.0. The van der Waals surface area contributed by atoms with E-state index in [0.29, 0.717) is 17.6 Å². The summed E-state index contributed by atoms with van der Waals surface area (Å²) in [6.07, 6.45) is 1.46. The molecule has 1 aliphatic heterocycles. The first-order valence-electron chi connectivity index (χ1n) is 6.99. The number of nitrogens with one attached hydrogen (secondary N) is 1. The van der Waals surface area contributed by atoms with E-state index in [1.165, 1.54) is 6.07 Å². The van der Waals surface area contributed by atoms with E-state index in [1.54, 1.807) is 16.7 Å². The van der Waals surface area contributed by atoms with Crippen LogP contribution in [0, 0.1) is 0 Å². The lowest BCUT2D eigenvalue weighted by Crippen LogP contribution is -2.37. The smallest absolute Gasteiger partial charge is 0.335 e. The van der Waals surface area contributed by atoms with Crippen LogP contribution in [0.2, 0.25) is 0 Å². The molecular formula is C15H18N2O4. The van der Waals surface area contributed by atoms with Gasteiger partial charge in [-0.3, -0.25) is 4.57 Å². The second-order valence-corrected chi connectivity index (χ2v) is 6.09. The minimum atomic E-state index is -0.996. The number of aromatic amines is 1. The molecule has 3 rings (SSSR count). The van der Waals surface area contributed by atoms with Crippen LogP contribution in [0.25, 0.3) is 11.0 Å². The molecule has 0 saturated carbocycles. The highest BCUT2D eigenvalue weighted by Gasteiger charge is 2.31. The summed E-state index contributed by atoms with van der Waals surface area (Å²) in [6.45, 7) is 4.60. The Bertz CT molecular complexity index is 757. The van der Waals surface area contributed by atoms with Gasteiger partial charge in [-0.25, -0.2) is 9.59 Å². The first kappa shape index (κ1) is 13.9. The first-order chi connectivity index (χ1) is 9.87. The minimum absolute atomic E-state index is 0.0130. The normalized spacial score (nSPS) is 21.5. The van der Waals surface area contributed by atoms with Crippen molar-refractivity contribution in [1.29, 1.82) is 0 Å². The number of ether oxygens (including phenoxy) is 1. The highest BCUT2D eigenvalue weighted by molar-refractivity contribution is 5.92. The molecule has 1 saturated heterocycles. The predicted molar refractivity (Wildman–Crippen MR) is 77.8 cm³/mol. The summed E-state index contributed by atoms with van der Waals surface area (Å²) < 4.78 is 7.36. The average molecular weight is 290 g/mol. The largest absolute Gasteiger partial charge is 0.478 e. The van der Waals surface area contributed by atoms with Gasteiger partial charge in [0.2, 0.25) is 0 Å². The lowest BCUT2D eigenvalue weighted by molar-refractivity contribution is -0.0689. The van der Waals surface area contributed by atoms with Gasteiger partial charge in [0.05, 0.1) is 22.2 Å². The number of carboxylic acid groups (broad SMARTS) is 1. The number of benzene rings is 1. The van der Waals surface area contributed by atoms with Crippen LogP contribution in [0.3, 0.4) is 0 Å². The molecule has 2 aromatic rings. The van der Waals surface area contributed by atoms with Gasteiger partial charge in [-0.15, -0.1) is 0 Å². The van der Waals surface area contributed by atoms with Gasteiger partial charge in [0.15, 0.2) is 0 Å². The number of aromatic nitrogens is 2. The lowest BCUT2D eigenvalue weighted by Gasteiger charge is -2.35. The van der Waals surface area contributed by atoms with Crippen molar-refractivity contribution >= 4 is 17.0 Å². The van der Waals surface area contributed by atoms with Gasteiger partial charge < -0.3 is 14.8 Å². The van der Waals surface area contributed by atoms with E-state index in [2.05, 4.69) is 4.98 Å². The highest BCUT2D eigenvalue weighted by atomic mass is 16.5. The molecule has 0 radical (unpaired) electrons. The van der Waals surface area contributed by atoms with E-state index in [-0.39, 0.29) is 22.9 Å². The van der Waals surface area contributed by atoms with Crippen molar-refractivity contribution in [3.05, 3.63) is 34.2 Å². The fourth-order valence-electron chi connectivity index (χ4n) is 3.04. The molecular weight excluding hydrogens is 272 g/mol. The maximum absolute atomic E-state index is 12.2. The van der Waals surface area contributed by atoms with Gasteiger partial charge in [0.1, 0.15) is 0 Å². The molecule has 1 aromatic carbocycles. The Morgan fingerprint density at radius 2 is 2.24 bits per heavy atom. The van der Waals surface area contributed by atoms with Crippen molar-refractivity contribution in [3.63, 3.8) is 0 Å². The molecule has 0 spiro atoms. The third-order valence-electron chi connectivity index (χ3n) is 4.00. The Hall–Kier alpha value is -2.08. The van der Waals surface area contributed by atoms with Crippen LogP contribution in [0.15, 0.2) is 23.0 Å². The molecule has 1 aliphatic rings. The first-order valence-corrected chi connectivity index (χ1v) is 6.99. The number of rotatable bonds is 2. The summed E-state index contributed by atoms with van der Waals surface area (Å²) in [5.41, 5.74) is 1.00. The van der Waals surface area contributed by atoms with Crippen molar-refractivity contribution in [1.82, 2.24) is 9.55 Å². The van der Waals surface area contributed by atoms with Gasteiger partial charge >= 0.3 is 11.7 Å². The summed E-state index contributed by atoms with van der Waals surface area (Å²) in [6, 6.07) is 4.71. The van der Waals surface area contributed by atoms with Crippen molar-refractivity contribution in [2.24, 2.45) is 0 Å². The number of aromatic carboxylic acids is 1. The number of nitrogens with zero attached hydrogens (tertiary/aromatic N) is 1. The number of fused-ring (bicyclic) bond motifs is 1. The van der Waals surface area contributed by atoms with Crippen LogP contribution >= 0.6 is 0 Å². The molecule has 2 heterocycles. The van der Waals surface area contributed by atoms with E-state index in [1.807, 2.05) is 13.8 Å². The summed E-state index contributed by atoms with van der Waals surface area (Å²) in [4.78, 5) is 26.2. The molecule has 112 valence electrons. The van der Waals surface area contributed by atoms with Gasteiger partial charge in [-0.2, -0.15) is 0 Å². The number of hydrogen-bond donors (Lipinski definition) is 2. The maximum Gasteiger partial charge on any atom is 0.335 e. The molecule has 1 fully saturated rings. The third kappa shape index (κ3) is 2.47. The fourth-order valence-corrected chi connectivity index (χ4v) is 3.04. The Kier molecular flexibility index (Phi) is 3.13. The van der Waals surface area contributed by atoms with E-state index < -0.39 is 5.97 Å². The van der Waals surface area contributed by atoms with E-state index in [0.717, 1.165) is 12.8 Å². The topological polar surface area (TPSA) is 84.3 Å².